The Morgan fingerprint density at radius 2 is 1.56 bits per heavy atom. The molecule has 0 saturated carbocycles. The Hall–Kier alpha value is -2.26. The fourth-order valence-electron chi connectivity index (χ4n) is 2.11. The Kier molecular flexibility index (Phi) is 5.91. The number of aliphatic hydroxyl groups is 1. The maximum absolute atomic E-state index is 12.7. The minimum absolute atomic E-state index is 0.131. The highest BCUT2D eigenvalue weighted by Gasteiger charge is 2.35. The zero-order valence-electron chi connectivity index (χ0n) is 13.9. The molecule has 8 heteroatoms. The van der Waals surface area contributed by atoms with Crippen molar-refractivity contribution in [2.45, 2.75) is 31.1 Å². The number of nitrogens with two attached hydrogens (primary N) is 1. The number of aliphatic hydroxyl groups excluding tert-OH is 1. The van der Waals surface area contributed by atoms with Crippen molar-refractivity contribution in [3.63, 3.8) is 0 Å². The zero-order valence-corrected chi connectivity index (χ0v) is 14.7. The Morgan fingerprint density at radius 3 is 2.04 bits per heavy atom. The van der Waals surface area contributed by atoms with E-state index < -0.39 is 28.3 Å². The van der Waals surface area contributed by atoms with E-state index in [9.17, 15) is 18.3 Å². The number of rotatable bonds is 7. The number of hydrogen-bond donors (Lipinski definition) is 2. The van der Waals surface area contributed by atoms with Crippen LogP contribution in [-0.4, -0.2) is 36.2 Å². The predicted molar refractivity (Wildman–Crippen MR) is 92.3 cm³/mol. The fourth-order valence-corrected chi connectivity index (χ4v) is 3.45. The minimum atomic E-state index is -4.28. The van der Waals surface area contributed by atoms with Gasteiger partial charge in [-0.3, -0.25) is 9.63 Å². The van der Waals surface area contributed by atoms with Crippen LogP contribution in [0.15, 0.2) is 59.5 Å². The summed E-state index contributed by atoms with van der Waals surface area (Å²) < 4.78 is 25.6. The maximum Gasteiger partial charge on any atom is 0.268 e. The second-order valence-corrected chi connectivity index (χ2v) is 7.36. The van der Waals surface area contributed by atoms with Gasteiger partial charge in [-0.1, -0.05) is 42.5 Å². The Balaban J connectivity index is 2.38. The molecule has 0 bridgehead atoms. The van der Waals surface area contributed by atoms with Crippen LogP contribution in [0.5, 0.6) is 0 Å². The first-order valence-electron chi connectivity index (χ1n) is 7.57. The smallest absolute Gasteiger partial charge is 0.268 e. The summed E-state index contributed by atoms with van der Waals surface area (Å²) in [7, 11) is -4.28. The SMILES string of the molecule is CC(C)ON(C(O)C(N)=O)S(=O)(=O)c1ccc(-c2ccccc2)cc1. The van der Waals surface area contributed by atoms with Gasteiger partial charge in [0.15, 0.2) is 0 Å². The Labute approximate surface area is 146 Å². The first kappa shape index (κ1) is 19.1. The third-order valence-electron chi connectivity index (χ3n) is 3.27. The summed E-state index contributed by atoms with van der Waals surface area (Å²) in [5.74, 6) is -1.23. The second kappa shape index (κ2) is 7.75. The van der Waals surface area contributed by atoms with Gasteiger partial charge in [0.05, 0.1) is 11.0 Å². The molecule has 0 spiro atoms. The standard InChI is InChI=1S/C17H20N2O5S/c1-12(2)24-19(17(21)16(18)20)25(22,23)15-10-8-14(9-11-15)13-6-4-3-5-7-13/h3-12,17,21H,1-2H3,(H2,18,20). The molecule has 2 aromatic rings. The van der Waals surface area contributed by atoms with Gasteiger partial charge in [0, 0.05) is 0 Å². The molecule has 0 aliphatic heterocycles. The molecule has 2 aromatic carbocycles. The lowest BCUT2D eigenvalue weighted by Gasteiger charge is -2.26. The summed E-state index contributed by atoms with van der Waals surface area (Å²) in [6.45, 7) is 3.13. The largest absolute Gasteiger partial charge is 0.367 e. The van der Waals surface area contributed by atoms with E-state index in [1.807, 2.05) is 30.3 Å². The molecule has 134 valence electrons. The normalized spacial score (nSPS) is 13.2. The summed E-state index contributed by atoms with van der Waals surface area (Å²) in [4.78, 5) is 16.2. The summed E-state index contributed by atoms with van der Waals surface area (Å²) in [6.07, 6.45) is -2.71. The first-order chi connectivity index (χ1) is 11.7. The van der Waals surface area contributed by atoms with Gasteiger partial charge in [-0.25, -0.2) is 8.42 Å². The molecule has 25 heavy (non-hydrogen) atoms. The van der Waals surface area contributed by atoms with Crippen LogP contribution < -0.4 is 5.73 Å². The molecular formula is C17H20N2O5S. The second-order valence-electron chi connectivity index (χ2n) is 5.58. The number of carbonyl (C=O) groups is 1. The van der Waals surface area contributed by atoms with Gasteiger partial charge in [-0.2, -0.15) is 0 Å². The number of benzene rings is 2. The molecule has 1 atom stereocenters. The van der Waals surface area contributed by atoms with Crippen molar-refractivity contribution in [2.75, 3.05) is 0 Å². The van der Waals surface area contributed by atoms with Crippen LogP contribution in [0.2, 0.25) is 0 Å². The highest BCUT2D eigenvalue weighted by molar-refractivity contribution is 7.89. The van der Waals surface area contributed by atoms with Crippen LogP contribution in [0.3, 0.4) is 0 Å². The van der Waals surface area contributed by atoms with E-state index in [0.717, 1.165) is 11.1 Å². The molecule has 0 saturated heterocycles. The van der Waals surface area contributed by atoms with E-state index in [2.05, 4.69) is 0 Å². The van der Waals surface area contributed by atoms with Gasteiger partial charge in [0.2, 0.25) is 6.23 Å². The van der Waals surface area contributed by atoms with E-state index in [1.54, 1.807) is 26.0 Å². The third kappa shape index (κ3) is 4.43. The van der Waals surface area contributed by atoms with Gasteiger partial charge in [0.25, 0.3) is 15.9 Å². The van der Waals surface area contributed by atoms with Gasteiger partial charge in [-0.15, -0.1) is 0 Å². The van der Waals surface area contributed by atoms with E-state index in [-0.39, 0.29) is 9.36 Å². The van der Waals surface area contributed by atoms with Crippen molar-refractivity contribution < 1.29 is 23.2 Å². The van der Waals surface area contributed by atoms with Crippen LogP contribution in [0.4, 0.5) is 0 Å². The van der Waals surface area contributed by atoms with Crippen molar-refractivity contribution >= 4 is 15.9 Å². The Morgan fingerprint density at radius 1 is 1.04 bits per heavy atom. The molecule has 3 N–H and O–H groups in total. The third-order valence-corrected chi connectivity index (χ3v) is 4.89. The predicted octanol–water partition coefficient (Wildman–Crippen LogP) is 1.49. The summed E-state index contributed by atoms with van der Waals surface area (Å²) in [6, 6.07) is 15.4. The highest BCUT2D eigenvalue weighted by atomic mass is 32.2. The molecule has 0 radical (unpaired) electrons. The van der Waals surface area contributed by atoms with Crippen molar-refractivity contribution in [1.82, 2.24) is 4.47 Å². The lowest BCUT2D eigenvalue weighted by atomic mass is 10.1. The number of amides is 1. The number of hydroxylamine groups is 1. The van der Waals surface area contributed by atoms with E-state index >= 15 is 0 Å². The van der Waals surface area contributed by atoms with Crippen molar-refractivity contribution in [1.29, 1.82) is 0 Å². The number of sulfonamides is 1. The fraction of sp³-hybridized carbons (Fsp3) is 0.235. The average Bonchev–Trinajstić information content (AvgIpc) is 2.59. The molecule has 1 amide bonds. The van der Waals surface area contributed by atoms with Gasteiger partial charge < -0.3 is 10.8 Å². The van der Waals surface area contributed by atoms with Crippen molar-refractivity contribution in [2.24, 2.45) is 5.73 Å². The number of hydrogen-bond acceptors (Lipinski definition) is 5. The van der Waals surface area contributed by atoms with E-state index in [0.29, 0.717) is 0 Å². The number of primary amides is 1. The van der Waals surface area contributed by atoms with Gasteiger partial charge in [0.1, 0.15) is 0 Å². The molecule has 0 heterocycles. The lowest BCUT2D eigenvalue weighted by Crippen LogP contribution is -2.48. The van der Waals surface area contributed by atoms with Crippen LogP contribution in [0.25, 0.3) is 11.1 Å². The average molecular weight is 364 g/mol. The number of nitrogens with zero attached hydrogens (tertiary/aromatic N) is 1. The molecular weight excluding hydrogens is 344 g/mol. The number of carbonyl (C=O) groups excluding carboxylic acids is 1. The van der Waals surface area contributed by atoms with Crippen LogP contribution in [-0.2, 0) is 19.7 Å². The molecule has 0 fully saturated rings. The Bertz CT molecular complexity index is 820. The van der Waals surface area contributed by atoms with E-state index in [1.165, 1.54) is 12.1 Å². The van der Waals surface area contributed by atoms with Crippen LogP contribution >= 0.6 is 0 Å². The molecule has 0 aliphatic rings. The quantitative estimate of drug-likeness (QED) is 0.571. The lowest BCUT2D eigenvalue weighted by molar-refractivity contribution is -0.197. The van der Waals surface area contributed by atoms with E-state index in [4.69, 9.17) is 10.6 Å². The monoisotopic (exact) mass is 364 g/mol. The van der Waals surface area contributed by atoms with Crippen LogP contribution in [0.1, 0.15) is 13.8 Å². The maximum atomic E-state index is 12.7. The minimum Gasteiger partial charge on any atom is -0.367 e. The summed E-state index contributed by atoms with van der Waals surface area (Å²) in [5, 5.41) is 9.81. The highest BCUT2D eigenvalue weighted by Crippen LogP contribution is 2.24. The van der Waals surface area contributed by atoms with Crippen molar-refractivity contribution in [3.05, 3.63) is 54.6 Å². The zero-order chi connectivity index (χ0) is 18.6. The summed E-state index contributed by atoms with van der Waals surface area (Å²) >= 11 is 0. The van der Waals surface area contributed by atoms with Crippen molar-refractivity contribution in [3.8, 4) is 11.1 Å². The molecule has 1 unspecified atom stereocenters. The molecule has 0 aliphatic carbocycles. The molecule has 0 aromatic heterocycles. The summed E-state index contributed by atoms with van der Waals surface area (Å²) in [5.41, 5.74) is 6.77. The first-order valence-corrected chi connectivity index (χ1v) is 9.01. The van der Waals surface area contributed by atoms with Gasteiger partial charge >= 0.3 is 0 Å². The molecule has 7 nitrogen and oxygen atoms in total. The molecule has 2 rings (SSSR count). The topological polar surface area (TPSA) is 110 Å². The van der Waals surface area contributed by atoms with Crippen LogP contribution in [0, 0.1) is 0 Å². The van der Waals surface area contributed by atoms with Gasteiger partial charge in [-0.05, 0) is 41.6 Å².